The summed E-state index contributed by atoms with van der Waals surface area (Å²) < 4.78 is 39.5. The minimum absolute atomic E-state index is 0.0943. The van der Waals surface area contributed by atoms with Crippen LogP contribution >= 0.6 is 0 Å². The molecular formula is C15H9F3N4. The smallest absolute Gasteiger partial charge is 0.384 e. The maximum Gasteiger partial charge on any atom is 0.417 e. The first-order chi connectivity index (χ1) is 10.4. The van der Waals surface area contributed by atoms with E-state index in [1.54, 1.807) is 18.2 Å². The number of nitrogens with one attached hydrogen (secondary N) is 1. The van der Waals surface area contributed by atoms with E-state index in [2.05, 4.69) is 9.97 Å². The Morgan fingerprint density at radius 1 is 1.14 bits per heavy atom. The quantitative estimate of drug-likeness (QED) is 0.719. The van der Waals surface area contributed by atoms with E-state index in [-0.39, 0.29) is 22.6 Å². The molecule has 0 aliphatic heterocycles. The van der Waals surface area contributed by atoms with Crippen molar-refractivity contribution in [3.63, 3.8) is 0 Å². The van der Waals surface area contributed by atoms with Gasteiger partial charge in [-0.1, -0.05) is 0 Å². The topological polar surface area (TPSA) is 78.5 Å². The summed E-state index contributed by atoms with van der Waals surface area (Å²) in [5, 5.41) is 9.55. The van der Waals surface area contributed by atoms with Crippen LogP contribution in [0, 0.1) is 11.3 Å². The van der Waals surface area contributed by atoms with Gasteiger partial charge in [0, 0.05) is 16.6 Å². The Bertz CT molecular complexity index is 903. The Kier molecular flexibility index (Phi) is 3.03. The van der Waals surface area contributed by atoms with E-state index < -0.39 is 11.7 Å². The SMILES string of the molecule is N#Cc1ccc(C(F)(F)F)c(-c2cc3ccc(N)nc3[nH]2)c1. The molecule has 0 atom stereocenters. The molecule has 7 heteroatoms. The highest BCUT2D eigenvalue weighted by atomic mass is 19.4. The van der Waals surface area contributed by atoms with Crippen molar-refractivity contribution < 1.29 is 13.2 Å². The predicted molar refractivity (Wildman–Crippen MR) is 75.7 cm³/mol. The van der Waals surface area contributed by atoms with Gasteiger partial charge in [-0.3, -0.25) is 0 Å². The molecule has 0 aliphatic carbocycles. The minimum atomic E-state index is -4.52. The highest BCUT2D eigenvalue weighted by Gasteiger charge is 2.34. The fourth-order valence-corrected chi connectivity index (χ4v) is 2.25. The number of fused-ring (bicyclic) bond motifs is 1. The number of nitrogens with zero attached hydrogens (tertiary/aromatic N) is 2. The average molecular weight is 302 g/mol. The molecule has 0 unspecified atom stereocenters. The van der Waals surface area contributed by atoms with Crippen LogP contribution in [-0.4, -0.2) is 9.97 Å². The first kappa shape index (κ1) is 13.9. The number of aromatic nitrogens is 2. The number of anilines is 1. The van der Waals surface area contributed by atoms with Gasteiger partial charge in [0.05, 0.1) is 17.2 Å². The number of nitrogen functional groups attached to an aromatic ring is 1. The number of alkyl halides is 3. The monoisotopic (exact) mass is 302 g/mol. The maximum absolute atomic E-state index is 13.2. The molecule has 3 N–H and O–H groups in total. The van der Waals surface area contributed by atoms with E-state index in [9.17, 15) is 13.2 Å². The Labute approximate surface area is 123 Å². The molecule has 0 saturated carbocycles. The second-order valence-electron chi connectivity index (χ2n) is 4.73. The third-order valence-electron chi connectivity index (χ3n) is 3.25. The van der Waals surface area contributed by atoms with Crippen molar-refractivity contribution in [2.45, 2.75) is 6.18 Å². The van der Waals surface area contributed by atoms with Crippen molar-refractivity contribution >= 4 is 16.9 Å². The average Bonchev–Trinajstić information content (AvgIpc) is 2.88. The van der Waals surface area contributed by atoms with Crippen LogP contribution < -0.4 is 5.73 Å². The van der Waals surface area contributed by atoms with Crippen LogP contribution in [0.15, 0.2) is 36.4 Å². The van der Waals surface area contributed by atoms with Gasteiger partial charge in [0.25, 0.3) is 0 Å². The fourth-order valence-electron chi connectivity index (χ4n) is 2.25. The lowest BCUT2D eigenvalue weighted by molar-refractivity contribution is -0.137. The second kappa shape index (κ2) is 4.77. The number of halogens is 3. The molecule has 0 aliphatic rings. The third-order valence-corrected chi connectivity index (χ3v) is 3.25. The number of nitrogens with two attached hydrogens (primary N) is 1. The van der Waals surface area contributed by atoms with Gasteiger partial charge < -0.3 is 10.7 Å². The van der Waals surface area contributed by atoms with Gasteiger partial charge in [-0.15, -0.1) is 0 Å². The van der Waals surface area contributed by atoms with Crippen LogP contribution in [0.3, 0.4) is 0 Å². The lowest BCUT2D eigenvalue weighted by atomic mass is 10.0. The van der Waals surface area contributed by atoms with Gasteiger partial charge in [0.15, 0.2) is 0 Å². The first-order valence-corrected chi connectivity index (χ1v) is 6.25. The van der Waals surface area contributed by atoms with Gasteiger partial charge in [0.1, 0.15) is 11.5 Å². The number of pyridine rings is 1. The van der Waals surface area contributed by atoms with Crippen LogP contribution in [0.2, 0.25) is 0 Å². The number of benzene rings is 1. The molecule has 22 heavy (non-hydrogen) atoms. The maximum atomic E-state index is 13.2. The lowest BCUT2D eigenvalue weighted by Gasteiger charge is -2.12. The molecule has 3 rings (SSSR count). The van der Waals surface area contributed by atoms with E-state index in [4.69, 9.17) is 11.0 Å². The molecule has 1 aromatic carbocycles. The molecule has 3 aromatic rings. The lowest BCUT2D eigenvalue weighted by Crippen LogP contribution is -2.07. The number of hydrogen-bond donors (Lipinski definition) is 2. The van der Waals surface area contributed by atoms with E-state index in [1.165, 1.54) is 6.07 Å². The molecule has 4 nitrogen and oxygen atoms in total. The Hall–Kier alpha value is -3.01. The molecule has 2 heterocycles. The number of rotatable bonds is 1. The Balaban J connectivity index is 2.26. The molecule has 110 valence electrons. The van der Waals surface area contributed by atoms with Gasteiger partial charge in [-0.05, 0) is 36.4 Å². The van der Waals surface area contributed by atoms with Gasteiger partial charge in [0.2, 0.25) is 0 Å². The minimum Gasteiger partial charge on any atom is -0.384 e. The molecule has 2 aromatic heterocycles. The van der Waals surface area contributed by atoms with E-state index >= 15 is 0 Å². The van der Waals surface area contributed by atoms with Crippen molar-refractivity contribution in [1.82, 2.24) is 9.97 Å². The van der Waals surface area contributed by atoms with E-state index in [0.717, 1.165) is 12.1 Å². The van der Waals surface area contributed by atoms with Crippen molar-refractivity contribution in [3.05, 3.63) is 47.5 Å². The standard InChI is InChI=1S/C15H9F3N4/c16-15(17,18)11-3-1-8(7-19)5-10(11)12-6-9-2-4-13(20)22-14(9)21-12/h1-6H,(H3,20,21,22). The van der Waals surface area contributed by atoms with Gasteiger partial charge in [-0.25, -0.2) is 4.98 Å². The molecule has 0 radical (unpaired) electrons. The molecule has 0 fully saturated rings. The number of aromatic amines is 1. The summed E-state index contributed by atoms with van der Waals surface area (Å²) in [6, 6.07) is 9.88. The molecule has 0 bridgehead atoms. The van der Waals surface area contributed by atoms with Crippen molar-refractivity contribution in [2.75, 3.05) is 5.73 Å². The first-order valence-electron chi connectivity index (χ1n) is 6.25. The van der Waals surface area contributed by atoms with Crippen LogP contribution in [0.1, 0.15) is 11.1 Å². The largest absolute Gasteiger partial charge is 0.417 e. The summed E-state index contributed by atoms with van der Waals surface area (Å²) in [5.74, 6) is 0.266. The van der Waals surface area contributed by atoms with Gasteiger partial charge >= 0.3 is 6.18 Å². The van der Waals surface area contributed by atoms with Crippen LogP contribution in [0.4, 0.5) is 19.0 Å². The zero-order valence-electron chi connectivity index (χ0n) is 11.1. The summed E-state index contributed by atoms with van der Waals surface area (Å²) >= 11 is 0. The van der Waals surface area contributed by atoms with Crippen LogP contribution in [0.5, 0.6) is 0 Å². The van der Waals surface area contributed by atoms with Crippen molar-refractivity contribution in [2.24, 2.45) is 0 Å². The highest BCUT2D eigenvalue weighted by Crippen LogP contribution is 2.38. The highest BCUT2D eigenvalue weighted by molar-refractivity contribution is 5.85. The number of hydrogen-bond acceptors (Lipinski definition) is 3. The van der Waals surface area contributed by atoms with Crippen molar-refractivity contribution in [3.8, 4) is 17.3 Å². The van der Waals surface area contributed by atoms with Crippen LogP contribution in [0.25, 0.3) is 22.3 Å². The van der Waals surface area contributed by atoms with E-state index in [0.29, 0.717) is 11.0 Å². The zero-order chi connectivity index (χ0) is 15.9. The van der Waals surface area contributed by atoms with E-state index in [1.807, 2.05) is 6.07 Å². The third kappa shape index (κ3) is 2.35. The molecule has 0 amide bonds. The van der Waals surface area contributed by atoms with Crippen LogP contribution in [-0.2, 0) is 6.18 Å². The zero-order valence-corrected chi connectivity index (χ0v) is 11.1. The van der Waals surface area contributed by atoms with Gasteiger partial charge in [-0.2, -0.15) is 18.4 Å². The normalized spacial score (nSPS) is 11.5. The second-order valence-corrected chi connectivity index (χ2v) is 4.73. The summed E-state index contributed by atoms with van der Waals surface area (Å²) in [7, 11) is 0. The number of nitriles is 1. The Morgan fingerprint density at radius 3 is 2.59 bits per heavy atom. The van der Waals surface area contributed by atoms with Crippen molar-refractivity contribution in [1.29, 1.82) is 5.26 Å². The summed E-state index contributed by atoms with van der Waals surface area (Å²) in [5.41, 5.74) is 5.43. The summed E-state index contributed by atoms with van der Waals surface area (Å²) in [6.07, 6.45) is -4.52. The number of H-pyrrole nitrogens is 1. The fraction of sp³-hybridized carbons (Fsp3) is 0.0667. The Morgan fingerprint density at radius 2 is 1.91 bits per heavy atom. The molecule has 0 saturated heterocycles. The molecule has 0 spiro atoms. The molecular weight excluding hydrogens is 293 g/mol. The predicted octanol–water partition coefficient (Wildman–Crippen LogP) is 3.70. The summed E-state index contributed by atoms with van der Waals surface area (Å²) in [6.45, 7) is 0. The summed E-state index contributed by atoms with van der Waals surface area (Å²) in [4.78, 5) is 6.85.